The summed E-state index contributed by atoms with van der Waals surface area (Å²) in [5, 5.41) is 2.64. The lowest BCUT2D eigenvalue weighted by atomic mass is 9.97. The van der Waals surface area contributed by atoms with Crippen molar-refractivity contribution in [3.63, 3.8) is 0 Å². The van der Waals surface area contributed by atoms with Gasteiger partial charge in [-0.25, -0.2) is 4.79 Å². The molecule has 1 aliphatic carbocycles. The lowest BCUT2D eigenvalue weighted by molar-refractivity contribution is -0.113. The molecule has 1 amide bonds. The molecule has 0 aliphatic heterocycles. The zero-order valence-electron chi connectivity index (χ0n) is 10.5. The number of hydrogen-bond donors (Lipinski definition) is 1. The molecule has 4 nitrogen and oxygen atoms in total. The second kappa shape index (κ2) is 4.44. The van der Waals surface area contributed by atoms with E-state index >= 15 is 0 Å². The van der Waals surface area contributed by atoms with Crippen LogP contribution in [0.1, 0.15) is 47.0 Å². The summed E-state index contributed by atoms with van der Waals surface area (Å²) in [6.45, 7) is 7.13. The number of aldehydes is 1. The maximum atomic E-state index is 11.5. The smallest absolute Gasteiger partial charge is 0.408 e. The second-order valence-corrected chi connectivity index (χ2v) is 5.81. The Labute approximate surface area is 96.7 Å². The van der Waals surface area contributed by atoms with Crippen LogP contribution in [0.15, 0.2) is 0 Å². The third-order valence-electron chi connectivity index (χ3n) is 2.46. The predicted molar refractivity (Wildman–Crippen MR) is 61.2 cm³/mol. The van der Waals surface area contributed by atoms with Gasteiger partial charge in [0.1, 0.15) is 11.9 Å². The van der Waals surface area contributed by atoms with Gasteiger partial charge < -0.3 is 14.8 Å². The third-order valence-corrected chi connectivity index (χ3v) is 2.46. The molecule has 1 fully saturated rings. The summed E-state index contributed by atoms with van der Waals surface area (Å²) in [5.41, 5.74) is -1.32. The van der Waals surface area contributed by atoms with Crippen molar-refractivity contribution in [2.45, 2.75) is 58.1 Å². The average Bonchev–Trinajstić information content (AvgIpc) is 2.84. The van der Waals surface area contributed by atoms with E-state index in [-0.39, 0.29) is 0 Å². The maximum absolute atomic E-state index is 11.5. The first kappa shape index (κ1) is 13.0. The summed E-state index contributed by atoms with van der Waals surface area (Å²) in [4.78, 5) is 22.6. The number of carbonyl (C=O) groups is 2. The fourth-order valence-electron chi connectivity index (χ4n) is 1.59. The lowest BCUT2D eigenvalue weighted by Crippen LogP contribution is -2.49. The first-order valence-corrected chi connectivity index (χ1v) is 5.72. The van der Waals surface area contributed by atoms with Gasteiger partial charge in [-0.05, 0) is 40.0 Å². The van der Waals surface area contributed by atoms with Gasteiger partial charge in [-0.2, -0.15) is 0 Å². The summed E-state index contributed by atoms with van der Waals surface area (Å²) in [6.07, 6.45) is 3.28. The van der Waals surface area contributed by atoms with Crippen LogP contribution in [0, 0.1) is 5.92 Å². The Hall–Kier alpha value is -1.06. The normalized spacial score (nSPS) is 19.8. The summed E-state index contributed by atoms with van der Waals surface area (Å²) in [7, 11) is 0. The molecular formula is C12H21NO3. The minimum Gasteiger partial charge on any atom is -0.444 e. The third kappa shape index (κ3) is 4.64. The van der Waals surface area contributed by atoms with E-state index in [1.54, 1.807) is 27.7 Å². The lowest BCUT2D eigenvalue weighted by Gasteiger charge is -2.27. The summed E-state index contributed by atoms with van der Waals surface area (Å²) >= 11 is 0. The zero-order chi connectivity index (χ0) is 12.4. The van der Waals surface area contributed by atoms with E-state index in [0.29, 0.717) is 12.3 Å². The molecule has 0 saturated heterocycles. The highest BCUT2D eigenvalue weighted by atomic mass is 16.6. The zero-order valence-corrected chi connectivity index (χ0v) is 10.5. The molecule has 0 aromatic carbocycles. The topological polar surface area (TPSA) is 55.4 Å². The summed E-state index contributed by atoms with van der Waals surface area (Å²) < 4.78 is 5.13. The van der Waals surface area contributed by atoms with Crippen LogP contribution in [0.2, 0.25) is 0 Å². The van der Waals surface area contributed by atoms with Gasteiger partial charge in [0.05, 0.1) is 5.54 Å². The monoisotopic (exact) mass is 227 g/mol. The molecule has 0 radical (unpaired) electrons. The number of rotatable bonds is 4. The fourth-order valence-corrected chi connectivity index (χ4v) is 1.59. The van der Waals surface area contributed by atoms with Crippen LogP contribution in [-0.4, -0.2) is 23.5 Å². The van der Waals surface area contributed by atoms with Gasteiger partial charge in [-0.15, -0.1) is 0 Å². The maximum Gasteiger partial charge on any atom is 0.408 e. The SMILES string of the molecule is CC(C=O)(CC1CC1)NC(=O)OC(C)(C)C. The van der Waals surface area contributed by atoms with Crippen molar-refractivity contribution in [1.82, 2.24) is 5.32 Å². The van der Waals surface area contributed by atoms with E-state index in [1.165, 1.54) is 0 Å². The van der Waals surface area contributed by atoms with Gasteiger partial charge in [0, 0.05) is 0 Å². The Morgan fingerprint density at radius 2 is 1.94 bits per heavy atom. The molecule has 16 heavy (non-hydrogen) atoms. The quantitative estimate of drug-likeness (QED) is 0.749. The molecule has 1 saturated carbocycles. The van der Waals surface area contributed by atoms with Crippen LogP contribution in [0.25, 0.3) is 0 Å². The highest BCUT2D eigenvalue weighted by Crippen LogP contribution is 2.36. The van der Waals surface area contributed by atoms with E-state index in [2.05, 4.69) is 5.32 Å². The minimum absolute atomic E-state index is 0.525. The van der Waals surface area contributed by atoms with Crippen molar-refractivity contribution < 1.29 is 14.3 Å². The number of nitrogens with one attached hydrogen (secondary N) is 1. The molecule has 1 unspecified atom stereocenters. The number of carbonyl (C=O) groups excluding carboxylic acids is 2. The van der Waals surface area contributed by atoms with Crippen LogP contribution >= 0.6 is 0 Å². The Kier molecular flexibility index (Phi) is 3.61. The van der Waals surface area contributed by atoms with Crippen LogP contribution in [0.3, 0.4) is 0 Å². The average molecular weight is 227 g/mol. The Bertz CT molecular complexity index is 278. The number of amides is 1. The molecule has 1 atom stereocenters. The minimum atomic E-state index is -0.788. The standard InChI is InChI=1S/C12H21NO3/c1-11(2,3)16-10(15)13-12(4,8-14)7-9-5-6-9/h8-9H,5-7H2,1-4H3,(H,13,15). The van der Waals surface area contributed by atoms with E-state index in [4.69, 9.17) is 4.74 Å². The molecule has 92 valence electrons. The Morgan fingerprint density at radius 3 is 2.31 bits per heavy atom. The first-order valence-electron chi connectivity index (χ1n) is 5.72. The van der Waals surface area contributed by atoms with Crippen molar-refractivity contribution in [3.8, 4) is 0 Å². The van der Waals surface area contributed by atoms with E-state index in [9.17, 15) is 9.59 Å². The number of alkyl carbamates (subject to hydrolysis) is 1. The van der Waals surface area contributed by atoms with Gasteiger partial charge in [0.2, 0.25) is 0 Å². The highest BCUT2D eigenvalue weighted by molar-refractivity contribution is 5.76. The van der Waals surface area contributed by atoms with Gasteiger partial charge in [-0.1, -0.05) is 12.8 Å². The van der Waals surface area contributed by atoms with Crippen molar-refractivity contribution in [2.75, 3.05) is 0 Å². The molecule has 1 N–H and O–H groups in total. The van der Waals surface area contributed by atoms with E-state index in [1.807, 2.05) is 0 Å². The molecule has 1 rings (SSSR count). The number of ether oxygens (including phenoxy) is 1. The number of hydrogen-bond acceptors (Lipinski definition) is 3. The molecule has 4 heteroatoms. The van der Waals surface area contributed by atoms with Gasteiger partial charge in [0.25, 0.3) is 0 Å². The van der Waals surface area contributed by atoms with E-state index in [0.717, 1.165) is 19.1 Å². The van der Waals surface area contributed by atoms with Crippen LogP contribution in [-0.2, 0) is 9.53 Å². The van der Waals surface area contributed by atoms with Crippen molar-refractivity contribution in [3.05, 3.63) is 0 Å². The van der Waals surface area contributed by atoms with Crippen LogP contribution in [0.4, 0.5) is 4.79 Å². The van der Waals surface area contributed by atoms with Gasteiger partial charge in [-0.3, -0.25) is 0 Å². The molecule has 0 bridgehead atoms. The molecule has 0 spiro atoms. The van der Waals surface area contributed by atoms with Gasteiger partial charge in [0.15, 0.2) is 0 Å². The van der Waals surface area contributed by atoms with Crippen LogP contribution < -0.4 is 5.32 Å². The largest absolute Gasteiger partial charge is 0.444 e. The van der Waals surface area contributed by atoms with Crippen LogP contribution in [0.5, 0.6) is 0 Å². The Morgan fingerprint density at radius 1 is 1.38 bits per heavy atom. The summed E-state index contributed by atoms with van der Waals surface area (Å²) in [6, 6.07) is 0. The predicted octanol–water partition coefficient (Wildman–Crippen LogP) is 2.27. The molecule has 0 heterocycles. The second-order valence-electron chi connectivity index (χ2n) is 5.81. The van der Waals surface area contributed by atoms with Crippen molar-refractivity contribution >= 4 is 12.4 Å². The Balaban J connectivity index is 2.48. The fraction of sp³-hybridized carbons (Fsp3) is 0.833. The molecule has 1 aliphatic rings. The summed E-state index contributed by atoms with van der Waals surface area (Å²) in [5.74, 6) is 0.574. The molecular weight excluding hydrogens is 206 g/mol. The molecule has 0 aromatic rings. The highest BCUT2D eigenvalue weighted by Gasteiger charge is 2.35. The molecule has 0 aromatic heterocycles. The van der Waals surface area contributed by atoms with Gasteiger partial charge >= 0.3 is 6.09 Å². The van der Waals surface area contributed by atoms with Crippen molar-refractivity contribution in [2.24, 2.45) is 5.92 Å². The van der Waals surface area contributed by atoms with Crippen molar-refractivity contribution in [1.29, 1.82) is 0 Å². The first-order chi connectivity index (χ1) is 7.24. The van der Waals surface area contributed by atoms with E-state index < -0.39 is 17.2 Å².